The molecule has 1 aromatic heterocycles. The first kappa shape index (κ1) is 10.2. The smallest absolute Gasteiger partial charge is 0.295 e. The van der Waals surface area contributed by atoms with Crippen LogP contribution in [0.3, 0.4) is 0 Å². The highest BCUT2D eigenvalue weighted by atomic mass is 16.3. The van der Waals surface area contributed by atoms with Gasteiger partial charge in [0.2, 0.25) is 0 Å². The lowest BCUT2D eigenvalue weighted by Crippen LogP contribution is -2.36. The van der Waals surface area contributed by atoms with Gasteiger partial charge in [-0.3, -0.25) is 14.7 Å². The third-order valence-corrected chi connectivity index (χ3v) is 1.40. The van der Waals surface area contributed by atoms with Gasteiger partial charge in [-0.05, 0) is 13.8 Å². The lowest BCUT2D eigenvalue weighted by Gasteiger charge is -2.05. The maximum absolute atomic E-state index is 11.2. The maximum Gasteiger partial charge on any atom is 0.295 e. The van der Waals surface area contributed by atoms with E-state index in [2.05, 4.69) is 15.3 Å². The van der Waals surface area contributed by atoms with E-state index < -0.39 is 17.6 Å². The van der Waals surface area contributed by atoms with Crippen LogP contribution < -0.4 is 5.32 Å². The number of carbonyl (C=O) groups is 2. The van der Waals surface area contributed by atoms with Crippen LogP contribution in [0, 0.1) is 0 Å². The monoisotopic (exact) mass is 196 g/mol. The van der Waals surface area contributed by atoms with Crippen molar-refractivity contribution in [3.8, 4) is 5.88 Å². The van der Waals surface area contributed by atoms with Crippen molar-refractivity contribution in [3.05, 3.63) is 12.0 Å². The maximum atomic E-state index is 11.2. The molecule has 0 aliphatic heterocycles. The zero-order chi connectivity index (χ0) is 10.7. The molecule has 1 heterocycles. The Morgan fingerprint density at radius 2 is 2.14 bits per heavy atom. The summed E-state index contributed by atoms with van der Waals surface area (Å²) in [4.78, 5) is 28.0. The number of nitrogens with zero attached hydrogens (tertiary/aromatic N) is 1. The van der Waals surface area contributed by atoms with Gasteiger partial charge >= 0.3 is 0 Å². The predicted octanol–water partition coefficient (Wildman–Crippen LogP) is 0.261. The normalized spacial score (nSPS) is 10.2. The Kier molecular flexibility index (Phi) is 2.85. The van der Waals surface area contributed by atoms with E-state index in [1.165, 1.54) is 0 Å². The highest BCUT2D eigenvalue weighted by molar-refractivity contribution is 6.41. The molecule has 0 saturated heterocycles. The third-order valence-electron chi connectivity index (χ3n) is 1.40. The van der Waals surface area contributed by atoms with Gasteiger partial charge in [0.1, 0.15) is 0 Å². The minimum atomic E-state index is -0.833. The van der Waals surface area contributed by atoms with Crippen LogP contribution in [0.1, 0.15) is 24.5 Å². The molecule has 0 aromatic carbocycles. The van der Waals surface area contributed by atoms with Gasteiger partial charge in [-0.2, -0.15) is 4.98 Å². The average molecular weight is 196 g/mol. The average Bonchev–Trinajstić information content (AvgIpc) is 2.49. The molecule has 14 heavy (non-hydrogen) atoms. The first-order valence-corrected chi connectivity index (χ1v) is 4.08. The summed E-state index contributed by atoms with van der Waals surface area (Å²) in [7, 11) is 0. The van der Waals surface area contributed by atoms with Crippen LogP contribution >= 0.6 is 0 Å². The van der Waals surface area contributed by atoms with Crippen molar-refractivity contribution < 1.29 is 14.7 Å². The summed E-state index contributed by atoms with van der Waals surface area (Å²) < 4.78 is 0. The molecule has 0 fully saturated rings. The van der Waals surface area contributed by atoms with Crippen LogP contribution in [0.4, 0.5) is 0 Å². The molecule has 0 bridgehead atoms. The Balaban J connectivity index is 2.71. The Bertz CT molecular complexity index is 356. The Morgan fingerprint density at radius 1 is 1.50 bits per heavy atom. The molecule has 75 valence electrons. The van der Waals surface area contributed by atoms with Crippen molar-refractivity contribution >= 4 is 11.7 Å². The van der Waals surface area contributed by atoms with Crippen molar-refractivity contribution in [1.82, 2.24) is 15.3 Å². The van der Waals surface area contributed by atoms with Gasteiger partial charge in [-0.15, -0.1) is 0 Å². The summed E-state index contributed by atoms with van der Waals surface area (Å²) in [5.74, 6) is -2.39. The Morgan fingerprint density at radius 3 is 2.57 bits per heavy atom. The molecule has 6 heteroatoms. The van der Waals surface area contributed by atoms with Gasteiger partial charge in [0, 0.05) is 6.04 Å². The topological polar surface area (TPSA) is 94.8 Å². The fourth-order valence-electron chi connectivity index (χ4n) is 0.856. The van der Waals surface area contributed by atoms with Crippen LogP contribution in [-0.4, -0.2) is 27.7 Å². The van der Waals surface area contributed by atoms with Crippen molar-refractivity contribution in [3.63, 3.8) is 0 Å². The number of aromatic nitrogens is 2. The number of carbonyl (C=O) groups excluding carboxylic acids is 2. The number of ketones is 1. The molecule has 1 rings (SSSR count). The quantitative estimate of drug-likeness (QED) is 0.536. The molecule has 1 aromatic rings. The molecule has 1 radical (unpaired) electrons. The van der Waals surface area contributed by atoms with Crippen LogP contribution in [0.5, 0.6) is 5.88 Å². The summed E-state index contributed by atoms with van der Waals surface area (Å²) in [5.41, 5.74) is 0. The van der Waals surface area contributed by atoms with E-state index in [4.69, 9.17) is 0 Å². The zero-order valence-electron chi connectivity index (χ0n) is 7.83. The SMILES string of the molecule is CC(C)NC(=O)C(=O)c1nc([O])c[nH]1. The number of hydrogen-bond acceptors (Lipinski definition) is 3. The van der Waals surface area contributed by atoms with E-state index in [-0.39, 0.29) is 11.9 Å². The lowest BCUT2D eigenvalue weighted by molar-refractivity contribution is -0.117. The Labute approximate surface area is 80.4 Å². The summed E-state index contributed by atoms with van der Waals surface area (Å²) >= 11 is 0. The van der Waals surface area contributed by atoms with Crippen LogP contribution in [0.25, 0.3) is 0 Å². The number of imidazole rings is 1. The van der Waals surface area contributed by atoms with Crippen molar-refractivity contribution in [1.29, 1.82) is 0 Å². The van der Waals surface area contributed by atoms with Gasteiger partial charge in [0.15, 0.2) is 5.82 Å². The van der Waals surface area contributed by atoms with Gasteiger partial charge in [0.25, 0.3) is 17.6 Å². The van der Waals surface area contributed by atoms with Crippen molar-refractivity contribution in [2.45, 2.75) is 19.9 Å². The highest BCUT2D eigenvalue weighted by Gasteiger charge is 2.20. The summed E-state index contributed by atoms with van der Waals surface area (Å²) in [6, 6.07) is -0.131. The number of H-pyrrole nitrogens is 1. The van der Waals surface area contributed by atoms with Gasteiger partial charge in [0.05, 0.1) is 6.20 Å². The molecule has 0 aliphatic carbocycles. The van der Waals surface area contributed by atoms with E-state index in [0.29, 0.717) is 0 Å². The molecule has 1 amide bonds. The van der Waals surface area contributed by atoms with E-state index in [9.17, 15) is 14.7 Å². The Hall–Kier alpha value is -1.85. The van der Waals surface area contributed by atoms with Crippen LogP contribution in [0.2, 0.25) is 0 Å². The molecule has 2 N–H and O–H groups in total. The van der Waals surface area contributed by atoms with Gasteiger partial charge < -0.3 is 10.3 Å². The van der Waals surface area contributed by atoms with E-state index in [1.807, 2.05) is 0 Å². The third kappa shape index (κ3) is 2.32. The summed E-state index contributed by atoms with van der Waals surface area (Å²) in [6.45, 7) is 3.46. The minimum Gasteiger partial charge on any atom is -0.347 e. The van der Waals surface area contributed by atoms with E-state index in [0.717, 1.165) is 6.20 Å². The molecule has 0 aliphatic rings. The van der Waals surface area contributed by atoms with Gasteiger partial charge in [-0.1, -0.05) is 0 Å². The van der Waals surface area contributed by atoms with Gasteiger partial charge in [-0.25, -0.2) is 0 Å². The fourth-order valence-corrected chi connectivity index (χ4v) is 0.856. The van der Waals surface area contributed by atoms with Crippen molar-refractivity contribution in [2.75, 3.05) is 0 Å². The van der Waals surface area contributed by atoms with Crippen LogP contribution in [-0.2, 0) is 9.90 Å². The lowest BCUT2D eigenvalue weighted by atomic mass is 10.3. The number of hydrogen-bond donors (Lipinski definition) is 2. The van der Waals surface area contributed by atoms with Crippen molar-refractivity contribution in [2.24, 2.45) is 0 Å². The number of amides is 1. The molecular formula is C8H10N3O3. The molecule has 0 saturated carbocycles. The summed E-state index contributed by atoms with van der Waals surface area (Å²) in [6.07, 6.45) is 1.02. The molecule has 6 nitrogen and oxygen atoms in total. The first-order chi connectivity index (χ1) is 6.50. The second-order valence-corrected chi connectivity index (χ2v) is 3.04. The number of Topliss-reactive ketones (excluding diaryl/α,β-unsaturated/α-hetero) is 1. The van der Waals surface area contributed by atoms with Crippen LogP contribution in [0.15, 0.2) is 6.20 Å². The summed E-state index contributed by atoms with van der Waals surface area (Å²) in [5, 5.41) is 13.0. The minimum absolute atomic E-state index is 0.131. The highest BCUT2D eigenvalue weighted by Crippen LogP contribution is 2.04. The molecule has 0 unspecified atom stereocenters. The second kappa shape index (κ2) is 3.91. The number of rotatable bonds is 3. The molecule has 0 atom stereocenters. The number of nitrogens with one attached hydrogen (secondary N) is 2. The fraction of sp³-hybridized carbons (Fsp3) is 0.375. The van der Waals surface area contributed by atoms with E-state index >= 15 is 0 Å². The first-order valence-electron chi connectivity index (χ1n) is 4.08. The molecule has 0 spiro atoms. The zero-order valence-corrected chi connectivity index (χ0v) is 7.83. The second-order valence-electron chi connectivity index (χ2n) is 3.04. The van der Waals surface area contributed by atoms with E-state index in [1.54, 1.807) is 13.8 Å². The largest absolute Gasteiger partial charge is 0.347 e. The number of aromatic amines is 1. The standard InChI is InChI=1S/C8H10N3O3/c1-4(2)10-8(14)6(13)7-9-3-5(12)11-7/h3-4H,1-2H3,(H,9,11)(H,10,14). The molecular weight excluding hydrogens is 186 g/mol. The predicted molar refractivity (Wildman–Crippen MR) is 46.3 cm³/mol.